The van der Waals surface area contributed by atoms with Crippen molar-refractivity contribution in [3.05, 3.63) is 42.5 Å². The molecule has 0 spiro atoms. The first kappa shape index (κ1) is 16.6. The number of rotatable bonds is 4. The number of nitrogens with one attached hydrogen (secondary N) is 1. The van der Waals surface area contributed by atoms with E-state index in [1.54, 1.807) is 18.2 Å². The van der Waals surface area contributed by atoms with Crippen molar-refractivity contribution < 1.29 is 17.8 Å². The lowest BCUT2D eigenvalue weighted by Gasteiger charge is -2.06. The summed E-state index contributed by atoms with van der Waals surface area (Å²) < 4.78 is 30.8. The van der Waals surface area contributed by atoms with Crippen LogP contribution in [0.3, 0.4) is 0 Å². The number of hydrogen-bond donors (Lipinski definition) is 3. The number of hydrogen-bond acceptors (Lipinski definition) is 6. The van der Waals surface area contributed by atoms with E-state index in [4.69, 9.17) is 10.3 Å². The molecule has 8 nitrogen and oxygen atoms in total. The van der Waals surface area contributed by atoms with Gasteiger partial charge in [0, 0.05) is 12.6 Å². The molecule has 2 aromatic carbocycles. The third kappa shape index (κ3) is 4.59. The lowest BCUT2D eigenvalue weighted by Crippen LogP contribution is -2.06. The van der Waals surface area contributed by atoms with Crippen LogP contribution in [0.1, 0.15) is 6.92 Å². The molecule has 0 atom stereocenters. The Morgan fingerprint density at radius 2 is 1.78 bits per heavy atom. The van der Waals surface area contributed by atoms with Crippen molar-refractivity contribution in [2.24, 2.45) is 10.2 Å². The average Bonchev–Trinajstić information content (AvgIpc) is 2.45. The molecule has 0 aliphatic carbocycles. The predicted octanol–water partition coefficient (Wildman–Crippen LogP) is 2.89. The first-order valence-corrected chi connectivity index (χ1v) is 7.86. The third-order valence-electron chi connectivity index (χ3n) is 2.74. The summed E-state index contributed by atoms with van der Waals surface area (Å²) >= 11 is 0. The van der Waals surface area contributed by atoms with Crippen LogP contribution in [-0.4, -0.2) is 18.9 Å². The van der Waals surface area contributed by atoms with E-state index in [1.807, 2.05) is 0 Å². The molecule has 0 saturated heterocycles. The number of nitrogens with zero attached hydrogens (tertiary/aromatic N) is 2. The van der Waals surface area contributed by atoms with Crippen molar-refractivity contribution in [2.75, 3.05) is 11.1 Å². The molecule has 0 unspecified atom stereocenters. The van der Waals surface area contributed by atoms with Crippen LogP contribution < -0.4 is 11.1 Å². The molecule has 9 heteroatoms. The van der Waals surface area contributed by atoms with Crippen molar-refractivity contribution in [3.8, 4) is 0 Å². The number of benzene rings is 2. The summed E-state index contributed by atoms with van der Waals surface area (Å²) in [5.74, 6) is -0.274. The van der Waals surface area contributed by atoms with E-state index in [9.17, 15) is 13.2 Å². The third-order valence-corrected chi connectivity index (χ3v) is 3.61. The van der Waals surface area contributed by atoms with Gasteiger partial charge < -0.3 is 11.1 Å². The standard InChI is InChI=1S/C14H14N4O4S/c1-9(19)16-14-8-10(15)2-7-13(14)18-17-11-3-5-12(6-4-11)23(20,21)22/h2-8H,15H2,1H3,(H,16,19)(H,20,21,22)/b18-17+. The van der Waals surface area contributed by atoms with Crippen LogP contribution in [0, 0.1) is 0 Å². The van der Waals surface area contributed by atoms with Gasteiger partial charge in [0.15, 0.2) is 0 Å². The van der Waals surface area contributed by atoms with Crippen LogP contribution in [0.4, 0.5) is 22.7 Å². The normalized spacial score (nSPS) is 11.6. The number of amides is 1. The Labute approximate surface area is 132 Å². The Morgan fingerprint density at radius 1 is 1.13 bits per heavy atom. The van der Waals surface area contributed by atoms with E-state index < -0.39 is 10.1 Å². The molecular formula is C14H14N4O4S. The minimum atomic E-state index is -4.25. The molecule has 2 rings (SSSR count). The maximum Gasteiger partial charge on any atom is 0.294 e. The van der Waals surface area contributed by atoms with Crippen molar-refractivity contribution in [1.82, 2.24) is 0 Å². The topological polar surface area (TPSA) is 134 Å². The molecule has 120 valence electrons. The quantitative estimate of drug-likeness (QED) is 0.449. The summed E-state index contributed by atoms with van der Waals surface area (Å²) in [5.41, 5.74) is 7.31. The van der Waals surface area contributed by atoms with Crippen LogP contribution in [0.25, 0.3) is 0 Å². The zero-order valence-corrected chi connectivity index (χ0v) is 12.9. The molecule has 0 bridgehead atoms. The lowest BCUT2D eigenvalue weighted by molar-refractivity contribution is -0.114. The number of carbonyl (C=O) groups excluding carboxylic acids is 1. The summed E-state index contributed by atoms with van der Waals surface area (Å²) in [5, 5.41) is 10.6. The Hall–Kier alpha value is -2.78. The molecule has 0 fully saturated rings. The highest BCUT2D eigenvalue weighted by Crippen LogP contribution is 2.29. The molecular weight excluding hydrogens is 320 g/mol. The molecule has 0 saturated carbocycles. The summed E-state index contributed by atoms with van der Waals surface area (Å²) in [6, 6.07) is 9.96. The van der Waals surface area contributed by atoms with Crippen LogP contribution in [0.2, 0.25) is 0 Å². The van der Waals surface area contributed by atoms with E-state index in [1.165, 1.54) is 31.2 Å². The number of anilines is 2. The number of azo groups is 1. The van der Waals surface area contributed by atoms with Gasteiger partial charge in [-0.05, 0) is 42.5 Å². The van der Waals surface area contributed by atoms with Crippen molar-refractivity contribution in [2.45, 2.75) is 11.8 Å². The van der Waals surface area contributed by atoms with Gasteiger partial charge in [-0.15, -0.1) is 5.11 Å². The van der Waals surface area contributed by atoms with E-state index in [-0.39, 0.29) is 10.8 Å². The second-order valence-electron chi connectivity index (χ2n) is 4.63. The Kier molecular flexibility index (Phi) is 4.72. The first-order valence-electron chi connectivity index (χ1n) is 6.42. The zero-order valence-electron chi connectivity index (χ0n) is 12.1. The van der Waals surface area contributed by atoms with Crippen LogP contribution in [0.15, 0.2) is 57.6 Å². The van der Waals surface area contributed by atoms with Gasteiger partial charge in [-0.2, -0.15) is 13.5 Å². The minimum absolute atomic E-state index is 0.233. The highest BCUT2D eigenvalue weighted by Gasteiger charge is 2.08. The number of nitrogen functional groups attached to an aromatic ring is 1. The SMILES string of the molecule is CC(=O)Nc1cc(N)ccc1/N=N/c1ccc(S(=O)(=O)O)cc1. The molecule has 0 heterocycles. The number of nitrogens with two attached hydrogens (primary N) is 1. The fraction of sp³-hybridized carbons (Fsp3) is 0.0714. The van der Waals surface area contributed by atoms with Crippen LogP contribution in [0.5, 0.6) is 0 Å². The van der Waals surface area contributed by atoms with Crippen molar-refractivity contribution in [3.63, 3.8) is 0 Å². The molecule has 1 amide bonds. The van der Waals surface area contributed by atoms with Gasteiger partial charge in [0.25, 0.3) is 10.1 Å². The molecule has 23 heavy (non-hydrogen) atoms. The van der Waals surface area contributed by atoms with E-state index >= 15 is 0 Å². The fourth-order valence-electron chi connectivity index (χ4n) is 1.73. The van der Waals surface area contributed by atoms with Gasteiger partial charge in [-0.1, -0.05) is 0 Å². The van der Waals surface area contributed by atoms with Crippen LogP contribution >= 0.6 is 0 Å². The summed E-state index contributed by atoms with van der Waals surface area (Å²) in [6.07, 6.45) is 0. The van der Waals surface area contributed by atoms with E-state index in [0.717, 1.165) is 0 Å². The van der Waals surface area contributed by atoms with Gasteiger partial charge in [-0.3, -0.25) is 9.35 Å². The monoisotopic (exact) mass is 334 g/mol. The first-order chi connectivity index (χ1) is 10.8. The minimum Gasteiger partial charge on any atom is -0.399 e. The largest absolute Gasteiger partial charge is 0.399 e. The maximum atomic E-state index is 11.2. The average molecular weight is 334 g/mol. The molecule has 4 N–H and O–H groups in total. The molecule has 0 aromatic heterocycles. The van der Waals surface area contributed by atoms with Crippen LogP contribution in [-0.2, 0) is 14.9 Å². The summed E-state index contributed by atoms with van der Waals surface area (Å²) in [4.78, 5) is 10.9. The Balaban J connectivity index is 2.28. The Bertz CT molecular complexity index is 861. The van der Waals surface area contributed by atoms with Crippen molar-refractivity contribution >= 4 is 38.8 Å². The smallest absolute Gasteiger partial charge is 0.294 e. The van der Waals surface area contributed by atoms with Gasteiger partial charge in [0.1, 0.15) is 5.69 Å². The molecule has 0 aliphatic rings. The fourth-order valence-corrected chi connectivity index (χ4v) is 2.21. The predicted molar refractivity (Wildman–Crippen MR) is 85.6 cm³/mol. The van der Waals surface area contributed by atoms with Gasteiger partial charge in [0.05, 0.1) is 16.3 Å². The second kappa shape index (κ2) is 6.55. The molecule has 0 aliphatic heterocycles. The second-order valence-corrected chi connectivity index (χ2v) is 6.05. The summed E-state index contributed by atoms with van der Waals surface area (Å²) in [7, 11) is -4.25. The Morgan fingerprint density at radius 3 is 2.35 bits per heavy atom. The highest BCUT2D eigenvalue weighted by atomic mass is 32.2. The zero-order chi connectivity index (χ0) is 17.0. The lowest BCUT2D eigenvalue weighted by atomic mass is 10.2. The van der Waals surface area contributed by atoms with Gasteiger partial charge in [0.2, 0.25) is 5.91 Å². The van der Waals surface area contributed by atoms with Gasteiger partial charge >= 0.3 is 0 Å². The van der Waals surface area contributed by atoms with Gasteiger partial charge in [-0.25, -0.2) is 0 Å². The highest BCUT2D eigenvalue weighted by molar-refractivity contribution is 7.85. The number of carbonyl (C=O) groups is 1. The molecule has 0 radical (unpaired) electrons. The van der Waals surface area contributed by atoms with Crippen molar-refractivity contribution in [1.29, 1.82) is 0 Å². The summed E-state index contributed by atoms with van der Waals surface area (Å²) in [6.45, 7) is 1.36. The molecule has 2 aromatic rings. The maximum absolute atomic E-state index is 11.2. The van der Waals surface area contributed by atoms with E-state index in [2.05, 4.69) is 15.5 Å². The van der Waals surface area contributed by atoms with E-state index in [0.29, 0.717) is 22.7 Å².